The third-order valence-corrected chi connectivity index (χ3v) is 3.63. The fraction of sp³-hybridized carbons (Fsp3) is 0.0667. The SMILES string of the molecule is Cc1ccc2c(c1)[n+]([O-])c1c3ccccc3[nH]c1[n+]2[O-]. The fourth-order valence-corrected chi connectivity index (χ4v) is 2.67. The molecule has 2 heterocycles. The topological polar surface area (TPSA) is 69.7 Å². The van der Waals surface area contributed by atoms with Gasteiger partial charge in [0.25, 0.3) is 5.52 Å². The number of H-pyrrole nitrogens is 1. The van der Waals surface area contributed by atoms with Gasteiger partial charge in [0, 0.05) is 6.07 Å². The molecule has 0 saturated carbocycles. The van der Waals surface area contributed by atoms with Gasteiger partial charge in [0.2, 0.25) is 5.52 Å². The Morgan fingerprint density at radius 2 is 1.75 bits per heavy atom. The number of benzene rings is 2. The quantitative estimate of drug-likeness (QED) is 0.390. The zero-order valence-corrected chi connectivity index (χ0v) is 10.8. The van der Waals surface area contributed by atoms with Gasteiger partial charge < -0.3 is 10.4 Å². The van der Waals surface area contributed by atoms with Gasteiger partial charge in [-0.15, -0.1) is 0 Å². The van der Waals surface area contributed by atoms with Crippen molar-refractivity contribution >= 4 is 33.1 Å². The molecule has 4 aromatic rings. The van der Waals surface area contributed by atoms with Crippen LogP contribution in [0.25, 0.3) is 33.1 Å². The van der Waals surface area contributed by atoms with Gasteiger partial charge in [0.05, 0.1) is 0 Å². The first-order valence-corrected chi connectivity index (χ1v) is 6.32. The van der Waals surface area contributed by atoms with Crippen LogP contribution in [-0.2, 0) is 0 Å². The van der Waals surface area contributed by atoms with Gasteiger partial charge in [-0.25, -0.2) is 9.71 Å². The molecule has 20 heavy (non-hydrogen) atoms. The zero-order valence-electron chi connectivity index (χ0n) is 10.8. The Hall–Kier alpha value is -2.82. The highest BCUT2D eigenvalue weighted by molar-refractivity contribution is 6.01. The highest BCUT2D eigenvalue weighted by Crippen LogP contribution is 2.22. The van der Waals surface area contributed by atoms with Crippen LogP contribution in [0.4, 0.5) is 0 Å². The highest BCUT2D eigenvalue weighted by Gasteiger charge is 2.24. The van der Waals surface area contributed by atoms with Gasteiger partial charge in [0.1, 0.15) is 10.9 Å². The van der Waals surface area contributed by atoms with Gasteiger partial charge in [0.15, 0.2) is 0 Å². The lowest BCUT2D eigenvalue weighted by Crippen LogP contribution is -2.39. The fourth-order valence-electron chi connectivity index (χ4n) is 2.67. The molecule has 0 unspecified atom stereocenters. The molecule has 5 heteroatoms. The Morgan fingerprint density at radius 3 is 2.60 bits per heavy atom. The first-order chi connectivity index (χ1) is 9.66. The van der Waals surface area contributed by atoms with Gasteiger partial charge >= 0.3 is 11.2 Å². The van der Waals surface area contributed by atoms with E-state index < -0.39 is 0 Å². The number of aryl methyl sites for hydroxylation is 1. The van der Waals surface area contributed by atoms with Gasteiger partial charge in [-0.2, -0.15) is 4.73 Å². The summed E-state index contributed by atoms with van der Waals surface area (Å²) in [6, 6.07) is 12.6. The monoisotopic (exact) mass is 265 g/mol. The second-order valence-corrected chi connectivity index (χ2v) is 4.95. The molecule has 2 aromatic heterocycles. The number of nitrogens with zero attached hydrogens (tertiary/aromatic N) is 2. The molecule has 0 amide bonds. The van der Waals surface area contributed by atoms with Crippen molar-refractivity contribution in [1.29, 1.82) is 0 Å². The number of rotatable bonds is 0. The van der Waals surface area contributed by atoms with E-state index in [2.05, 4.69) is 4.98 Å². The molecule has 1 N–H and O–H groups in total. The normalized spacial score (nSPS) is 11.7. The molecular weight excluding hydrogens is 254 g/mol. The third kappa shape index (κ3) is 1.26. The van der Waals surface area contributed by atoms with E-state index in [1.807, 2.05) is 37.3 Å². The maximum atomic E-state index is 12.6. The van der Waals surface area contributed by atoms with Crippen molar-refractivity contribution in [2.45, 2.75) is 6.92 Å². The predicted molar refractivity (Wildman–Crippen MR) is 76.0 cm³/mol. The van der Waals surface area contributed by atoms with E-state index in [-0.39, 0.29) is 5.65 Å². The van der Waals surface area contributed by atoms with E-state index >= 15 is 0 Å². The summed E-state index contributed by atoms with van der Waals surface area (Å²) < 4.78 is 1.63. The van der Waals surface area contributed by atoms with Crippen molar-refractivity contribution in [1.82, 2.24) is 4.98 Å². The van der Waals surface area contributed by atoms with Crippen molar-refractivity contribution < 1.29 is 9.46 Å². The van der Waals surface area contributed by atoms with Crippen LogP contribution in [-0.4, -0.2) is 4.98 Å². The highest BCUT2D eigenvalue weighted by atomic mass is 16.5. The van der Waals surface area contributed by atoms with E-state index in [0.717, 1.165) is 25.9 Å². The predicted octanol–water partition coefficient (Wildman–Crippen LogP) is 2.05. The second-order valence-electron chi connectivity index (χ2n) is 4.95. The van der Waals surface area contributed by atoms with Crippen molar-refractivity contribution in [3.8, 4) is 0 Å². The van der Waals surface area contributed by atoms with Crippen LogP contribution in [0.2, 0.25) is 0 Å². The maximum Gasteiger partial charge on any atom is 0.358 e. The number of hydrogen-bond acceptors (Lipinski definition) is 2. The molecule has 0 aliphatic heterocycles. The molecule has 0 fully saturated rings. The summed E-state index contributed by atoms with van der Waals surface area (Å²) in [4.78, 5) is 3.02. The summed E-state index contributed by atoms with van der Waals surface area (Å²) in [5, 5.41) is 25.8. The zero-order chi connectivity index (χ0) is 13.9. The summed E-state index contributed by atoms with van der Waals surface area (Å²) in [7, 11) is 0. The summed E-state index contributed by atoms with van der Waals surface area (Å²) in [5.74, 6) is 0. The van der Waals surface area contributed by atoms with Crippen LogP contribution in [0, 0.1) is 17.3 Å². The largest absolute Gasteiger partial charge is 0.710 e. The maximum absolute atomic E-state index is 12.6. The average Bonchev–Trinajstić information content (AvgIpc) is 2.84. The Bertz CT molecular complexity index is 989. The van der Waals surface area contributed by atoms with Crippen molar-refractivity contribution in [3.05, 3.63) is 58.4 Å². The van der Waals surface area contributed by atoms with E-state index in [9.17, 15) is 10.4 Å². The average molecular weight is 265 g/mol. The number of aromatic nitrogens is 3. The molecule has 0 bridgehead atoms. The molecule has 0 atom stereocenters. The number of nitrogens with one attached hydrogen (secondary N) is 1. The Labute approximate surface area is 113 Å². The Kier molecular flexibility index (Phi) is 1.99. The minimum absolute atomic E-state index is 0.289. The first kappa shape index (κ1) is 11.0. The Balaban J connectivity index is 2.36. The summed E-state index contributed by atoms with van der Waals surface area (Å²) >= 11 is 0. The molecule has 0 aliphatic rings. The molecule has 2 aromatic carbocycles. The molecule has 98 valence electrons. The van der Waals surface area contributed by atoms with Gasteiger partial charge in [-0.05, 0) is 30.7 Å². The minimum atomic E-state index is 0.289. The molecular formula is C15H11N3O2. The number of aromatic amines is 1. The van der Waals surface area contributed by atoms with E-state index in [4.69, 9.17) is 0 Å². The number of hydrogen-bond donors (Lipinski definition) is 1. The number of para-hydroxylation sites is 1. The molecule has 0 radical (unpaired) electrons. The van der Waals surface area contributed by atoms with Crippen LogP contribution >= 0.6 is 0 Å². The van der Waals surface area contributed by atoms with Crippen molar-refractivity contribution in [3.63, 3.8) is 0 Å². The molecule has 0 spiro atoms. The van der Waals surface area contributed by atoms with E-state index in [0.29, 0.717) is 16.6 Å². The van der Waals surface area contributed by atoms with Crippen LogP contribution in [0.15, 0.2) is 42.5 Å². The lowest BCUT2D eigenvalue weighted by Gasteiger charge is -2.08. The summed E-state index contributed by atoms with van der Waals surface area (Å²) in [6.45, 7) is 1.90. The lowest BCUT2D eigenvalue weighted by atomic mass is 10.2. The first-order valence-electron chi connectivity index (χ1n) is 6.32. The van der Waals surface area contributed by atoms with Crippen LogP contribution < -0.4 is 9.46 Å². The standard InChI is InChI=1S/C15H11N3O2/c1-9-6-7-12-13(8-9)17(19)14-10-4-2-3-5-11(10)16-15(14)18(12)20/h2-8,16H,1H3. The Morgan fingerprint density at radius 1 is 0.950 bits per heavy atom. The van der Waals surface area contributed by atoms with Crippen LogP contribution in [0.3, 0.4) is 0 Å². The molecule has 4 rings (SSSR count). The molecule has 0 saturated heterocycles. The summed E-state index contributed by atoms with van der Waals surface area (Å²) in [5.41, 5.74) is 3.15. The summed E-state index contributed by atoms with van der Waals surface area (Å²) in [6.07, 6.45) is 0. The van der Waals surface area contributed by atoms with Gasteiger partial charge in [-0.1, -0.05) is 18.2 Å². The van der Waals surface area contributed by atoms with Crippen LogP contribution in [0.1, 0.15) is 5.56 Å². The third-order valence-electron chi connectivity index (χ3n) is 3.63. The van der Waals surface area contributed by atoms with Crippen LogP contribution in [0.5, 0.6) is 0 Å². The molecule has 5 nitrogen and oxygen atoms in total. The lowest BCUT2D eigenvalue weighted by molar-refractivity contribution is -0.591. The smallest absolute Gasteiger partial charge is 0.358 e. The van der Waals surface area contributed by atoms with Crippen molar-refractivity contribution in [2.24, 2.45) is 0 Å². The van der Waals surface area contributed by atoms with E-state index in [1.54, 1.807) is 12.1 Å². The minimum Gasteiger partial charge on any atom is -0.710 e. The molecule has 0 aliphatic carbocycles. The number of fused-ring (bicyclic) bond motifs is 4. The van der Waals surface area contributed by atoms with Crippen molar-refractivity contribution in [2.75, 3.05) is 0 Å². The van der Waals surface area contributed by atoms with E-state index in [1.165, 1.54) is 0 Å². The second kappa shape index (κ2) is 3.60. The van der Waals surface area contributed by atoms with Gasteiger partial charge in [-0.3, -0.25) is 0 Å².